The lowest BCUT2D eigenvalue weighted by molar-refractivity contribution is -0.157. The molecule has 1 aliphatic heterocycles. The lowest BCUT2D eigenvalue weighted by atomic mass is 9.69. The van der Waals surface area contributed by atoms with Crippen molar-refractivity contribution in [3.63, 3.8) is 0 Å². The molecule has 3 aromatic rings. The smallest absolute Gasteiger partial charge is 0.313 e. The molecule has 186 valence electrons. The SMILES string of the molecule is COc1ccc(-c2cnc(C3NC=C(c4cnc(OCC5(C(=O)O)CCC5)cc4C)C=C3F)[nH]2)cc1. The zero-order valence-electron chi connectivity index (χ0n) is 20.0. The minimum atomic E-state index is -0.830. The number of aromatic nitrogens is 3. The van der Waals surface area contributed by atoms with Crippen molar-refractivity contribution in [1.82, 2.24) is 20.3 Å². The average molecular weight is 491 g/mol. The van der Waals surface area contributed by atoms with E-state index >= 15 is 4.39 Å². The topological polar surface area (TPSA) is 109 Å². The molecule has 0 bridgehead atoms. The number of rotatable bonds is 8. The lowest BCUT2D eigenvalue weighted by Gasteiger charge is -2.36. The van der Waals surface area contributed by atoms with Gasteiger partial charge in [-0.3, -0.25) is 4.79 Å². The Morgan fingerprint density at radius 3 is 2.61 bits per heavy atom. The Balaban J connectivity index is 1.27. The third-order valence-electron chi connectivity index (χ3n) is 6.90. The van der Waals surface area contributed by atoms with Crippen LogP contribution in [-0.2, 0) is 4.79 Å². The molecule has 0 amide bonds. The summed E-state index contributed by atoms with van der Waals surface area (Å²) in [6.45, 7) is 1.97. The summed E-state index contributed by atoms with van der Waals surface area (Å²) in [7, 11) is 1.61. The number of aromatic amines is 1. The summed E-state index contributed by atoms with van der Waals surface area (Å²) in [4.78, 5) is 23.4. The molecule has 9 heteroatoms. The van der Waals surface area contributed by atoms with Gasteiger partial charge >= 0.3 is 5.97 Å². The summed E-state index contributed by atoms with van der Waals surface area (Å²) in [6.07, 6.45) is 8.61. The van der Waals surface area contributed by atoms with E-state index < -0.39 is 17.4 Å². The number of hydrogen-bond acceptors (Lipinski definition) is 6. The number of nitrogens with zero attached hydrogens (tertiary/aromatic N) is 2. The largest absolute Gasteiger partial charge is 0.497 e. The molecule has 5 rings (SSSR count). The number of H-pyrrole nitrogens is 1. The number of methoxy groups -OCH3 is 1. The molecule has 0 radical (unpaired) electrons. The molecule has 1 aromatic carbocycles. The Labute approximate surface area is 207 Å². The Kier molecular flexibility index (Phi) is 6.22. The first kappa shape index (κ1) is 23.6. The number of carboxylic acid groups (broad SMARTS) is 1. The Bertz CT molecular complexity index is 1340. The molecule has 1 unspecified atom stereocenters. The van der Waals surface area contributed by atoms with Crippen LogP contribution in [0.2, 0.25) is 0 Å². The van der Waals surface area contributed by atoms with Crippen molar-refractivity contribution < 1.29 is 23.8 Å². The van der Waals surface area contributed by atoms with E-state index in [9.17, 15) is 9.90 Å². The fourth-order valence-electron chi connectivity index (χ4n) is 4.44. The molecule has 0 spiro atoms. The number of halogens is 1. The van der Waals surface area contributed by atoms with E-state index in [4.69, 9.17) is 9.47 Å². The van der Waals surface area contributed by atoms with E-state index in [0.29, 0.717) is 30.1 Å². The van der Waals surface area contributed by atoms with E-state index in [0.717, 1.165) is 34.6 Å². The number of imidazole rings is 1. The van der Waals surface area contributed by atoms with Crippen molar-refractivity contribution in [3.05, 3.63) is 77.8 Å². The summed E-state index contributed by atoms with van der Waals surface area (Å²) in [5.41, 5.74) is 3.11. The van der Waals surface area contributed by atoms with Gasteiger partial charge in [-0.25, -0.2) is 14.4 Å². The van der Waals surface area contributed by atoms with Crippen LogP contribution >= 0.6 is 0 Å². The van der Waals surface area contributed by atoms with Crippen LogP contribution in [0.3, 0.4) is 0 Å². The zero-order valence-corrected chi connectivity index (χ0v) is 20.0. The van der Waals surface area contributed by atoms with Crippen molar-refractivity contribution in [2.24, 2.45) is 5.41 Å². The molecule has 0 saturated heterocycles. The number of hydrogen-bond donors (Lipinski definition) is 3. The fraction of sp³-hybridized carbons (Fsp3) is 0.296. The number of carboxylic acids is 1. The van der Waals surface area contributed by atoms with Gasteiger partial charge < -0.3 is 24.9 Å². The minimum absolute atomic E-state index is 0.0935. The molecule has 2 aromatic heterocycles. The average Bonchev–Trinajstić information content (AvgIpc) is 3.33. The number of dihydropyridines is 1. The molecule has 3 N–H and O–H groups in total. The summed E-state index contributed by atoms with van der Waals surface area (Å²) >= 11 is 0. The van der Waals surface area contributed by atoms with Crippen molar-refractivity contribution in [1.29, 1.82) is 0 Å². The number of pyridine rings is 1. The van der Waals surface area contributed by atoms with E-state index in [1.165, 1.54) is 6.08 Å². The summed E-state index contributed by atoms with van der Waals surface area (Å²) in [6, 6.07) is 8.54. The van der Waals surface area contributed by atoms with Gasteiger partial charge in [0, 0.05) is 29.6 Å². The first-order chi connectivity index (χ1) is 17.4. The number of benzene rings is 1. The molecular formula is C27H27FN4O4. The maximum atomic E-state index is 15.1. The highest BCUT2D eigenvalue weighted by Gasteiger charge is 2.45. The molecule has 1 atom stereocenters. The highest BCUT2D eigenvalue weighted by atomic mass is 19.1. The third kappa shape index (κ3) is 4.44. The number of aryl methyl sites for hydroxylation is 1. The molecule has 3 heterocycles. The molecule has 1 aliphatic carbocycles. The van der Waals surface area contributed by atoms with E-state index in [-0.39, 0.29) is 12.4 Å². The van der Waals surface area contributed by atoms with Gasteiger partial charge in [0.2, 0.25) is 5.88 Å². The van der Waals surface area contributed by atoms with E-state index in [1.807, 2.05) is 31.2 Å². The van der Waals surface area contributed by atoms with Crippen molar-refractivity contribution in [2.45, 2.75) is 32.2 Å². The zero-order chi connectivity index (χ0) is 25.3. The molecule has 2 aliphatic rings. The quantitative estimate of drug-likeness (QED) is 0.409. The van der Waals surface area contributed by atoms with Crippen LogP contribution in [0.15, 0.2) is 60.8 Å². The van der Waals surface area contributed by atoms with Gasteiger partial charge in [-0.05, 0) is 61.2 Å². The van der Waals surface area contributed by atoms with Crippen molar-refractivity contribution in [3.8, 4) is 22.9 Å². The molecule has 8 nitrogen and oxygen atoms in total. The molecule has 1 saturated carbocycles. The van der Waals surface area contributed by atoms with Gasteiger partial charge in [-0.1, -0.05) is 6.42 Å². The second kappa shape index (κ2) is 9.49. The van der Waals surface area contributed by atoms with Gasteiger partial charge in [-0.15, -0.1) is 0 Å². The second-order valence-electron chi connectivity index (χ2n) is 9.20. The lowest BCUT2D eigenvalue weighted by Crippen LogP contribution is -2.43. The van der Waals surface area contributed by atoms with Crippen LogP contribution in [0.1, 0.15) is 42.3 Å². The first-order valence-corrected chi connectivity index (χ1v) is 11.7. The number of nitrogens with one attached hydrogen (secondary N) is 2. The maximum absolute atomic E-state index is 15.1. The maximum Gasteiger partial charge on any atom is 0.313 e. The second-order valence-corrected chi connectivity index (χ2v) is 9.20. The van der Waals surface area contributed by atoms with E-state index in [2.05, 4.69) is 20.3 Å². The van der Waals surface area contributed by atoms with Crippen molar-refractivity contribution >= 4 is 11.5 Å². The summed E-state index contributed by atoms with van der Waals surface area (Å²) in [5, 5.41) is 12.6. The van der Waals surface area contributed by atoms with Gasteiger partial charge in [0.1, 0.15) is 35.5 Å². The van der Waals surface area contributed by atoms with Crippen LogP contribution in [-0.4, -0.2) is 39.7 Å². The Hall–Kier alpha value is -4.14. The minimum Gasteiger partial charge on any atom is -0.497 e. The Morgan fingerprint density at radius 1 is 1.22 bits per heavy atom. The first-order valence-electron chi connectivity index (χ1n) is 11.7. The van der Waals surface area contributed by atoms with Crippen LogP contribution in [0, 0.1) is 12.3 Å². The normalized spacial score (nSPS) is 18.4. The van der Waals surface area contributed by atoms with Crippen LogP contribution in [0.25, 0.3) is 16.8 Å². The van der Waals surface area contributed by atoms with Gasteiger partial charge in [0.15, 0.2) is 0 Å². The highest BCUT2D eigenvalue weighted by Crippen LogP contribution is 2.41. The number of allylic oxidation sites excluding steroid dienone is 2. The van der Waals surface area contributed by atoms with Gasteiger partial charge in [0.25, 0.3) is 0 Å². The number of ether oxygens (including phenoxy) is 2. The standard InChI is InChI=1S/C27H27FN4O4/c1-16-10-23(36-15-27(26(33)34)8-3-9-27)29-13-20(16)18-11-21(28)24(30-12-18)25-31-14-22(32-25)17-4-6-19(35-2)7-5-17/h4-7,10-14,24,30H,3,8-9,15H2,1-2H3,(H,31,32)(H,33,34). The van der Waals surface area contributed by atoms with Gasteiger partial charge in [0.05, 0.1) is 19.0 Å². The third-order valence-corrected chi connectivity index (χ3v) is 6.90. The number of aliphatic carboxylic acids is 1. The van der Waals surface area contributed by atoms with Crippen LogP contribution < -0.4 is 14.8 Å². The molecule has 36 heavy (non-hydrogen) atoms. The molecule has 1 fully saturated rings. The van der Waals surface area contributed by atoms with Crippen LogP contribution in [0.5, 0.6) is 11.6 Å². The predicted octanol–water partition coefficient (Wildman–Crippen LogP) is 4.96. The molecular weight excluding hydrogens is 463 g/mol. The summed E-state index contributed by atoms with van der Waals surface area (Å²) < 4.78 is 26.0. The van der Waals surface area contributed by atoms with E-state index in [1.54, 1.807) is 31.8 Å². The summed E-state index contributed by atoms with van der Waals surface area (Å²) in [5.74, 6) is 0.370. The highest BCUT2D eigenvalue weighted by molar-refractivity contribution is 5.77. The fourth-order valence-corrected chi connectivity index (χ4v) is 4.44. The number of carbonyl (C=O) groups is 1. The monoisotopic (exact) mass is 490 g/mol. The van der Waals surface area contributed by atoms with Crippen molar-refractivity contribution in [2.75, 3.05) is 13.7 Å². The van der Waals surface area contributed by atoms with Crippen LogP contribution in [0.4, 0.5) is 4.39 Å². The Morgan fingerprint density at radius 2 is 2.00 bits per heavy atom. The van der Waals surface area contributed by atoms with Gasteiger partial charge in [-0.2, -0.15) is 0 Å². The predicted molar refractivity (Wildman–Crippen MR) is 132 cm³/mol.